The second-order valence-corrected chi connectivity index (χ2v) is 10.6. The van der Waals surface area contributed by atoms with Crippen LogP contribution in [0.5, 0.6) is 0 Å². The molecule has 1 N–H and O–H groups in total. The van der Waals surface area contributed by atoms with E-state index in [1.807, 2.05) is 13.0 Å². The van der Waals surface area contributed by atoms with Gasteiger partial charge in [-0.1, -0.05) is 48.2 Å². The molecule has 4 aliphatic rings. The van der Waals surface area contributed by atoms with Gasteiger partial charge in [-0.05, 0) is 93.6 Å². The number of fused-ring (bicyclic) bond motifs is 5. The van der Waals surface area contributed by atoms with Gasteiger partial charge in [0, 0.05) is 11.8 Å². The van der Waals surface area contributed by atoms with Gasteiger partial charge in [0.1, 0.15) is 5.60 Å². The van der Waals surface area contributed by atoms with E-state index in [1.165, 1.54) is 16.7 Å². The minimum Gasteiger partial charge on any atom is -0.377 e. The first-order valence-corrected chi connectivity index (χ1v) is 11.8. The number of ketones is 1. The van der Waals surface area contributed by atoms with Crippen LogP contribution >= 0.6 is 0 Å². The number of aryl methyl sites for hydroxylation is 1. The number of aliphatic hydroxyl groups is 1. The SMILES string of the molecule is CC#C[C@]1(O)CC[C@H]2[C@@H]3CCC4=CC(=O)CC[C@@H]4[C@H]3[C@@H](c3ccc(C)cc3)C[C@@]21C. The molecule has 0 bridgehead atoms. The fourth-order valence-electron chi connectivity index (χ4n) is 7.88. The molecule has 2 heteroatoms. The highest BCUT2D eigenvalue weighted by Crippen LogP contribution is 2.68. The molecule has 5 rings (SSSR count). The van der Waals surface area contributed by atoms with Gasteiger partial charge in [-0.3, -0.25) is 4.79 Å². The molecule has 0 radical (unpaired) electrons. The molecule has 0 saturated heterocycles. The summed E-state index contributed by atoms with van der Waals surface area (Å²) in [6.45, 7) is 6.32. The molecule has 158 valence electrons. The lowest BCUT2D eigenvalue weighted by Gasteiger charge is -2.58. The maximum Gasteiger partial charge on any atom is 0.155 e. The lowest BCUT2D eigenvalue weighted by Crippen LogP contribution is -2.54. The second kappa shape index (κ2) is 7.10. The number of rotatable bonds is 1. The maximum atomic E-state index is 12.1. The fraction of sp³-hybridized carbons (Fsp3) is 0.607. The van der Waals surface area contributed by atoms with Crippen molar-refractivity contribution in [3.8, 4) is 11.8 Å². The van der Waals surface area contributed by atoms with Crippen LogP contribution in [0.3, 0.4) is 0 Å². The van der Waals surface area contributed by atoms with E-state index in [-0.39, 0.29) is 5.41 Å². The molecule has 0 unspecified atom stereocenters. The Morgan fingerprint density at radius 2 is 1.83 bits per heavy atom. The molecule has 0 aromatic heterocycles. The average molecular weight is 403 g/mol. The third kappa shape index (κ3) is 2.85. The van der Waals surface area contributed by atoms with Gasteiger partial charge in [0.25, 0.3) is 0 Å². The van der Waals surface area contributed by atoms with E-state index in [0.717, 1.165) is 38.5 Å². The van der Waals surface area contributed by atoms with Crippen LogP contribution in [0.25, 0.3) is 0 Å². The van der Waals surface area contributed by atoms with Crippen LogP contribution < -0.4 is 0 Å². The highest BCUT2D eigenvalue weighted by atomic mass is 16.3. The summed E-state index contributed by atoms with van der Waals surface area (Å²) in [5.74, 6) is 9.28. The molecule has 0 aliphatic heterocycles. The lowest BCUT2D eigenvalue weighted by atomic mass is 9.46. The average Bonchev–Trinajstić information content (AvgIpc) is 2.98. The minimum absolute atomic E-state index is 0.168. The third-order valence-electron chi connectivity index (χ3n) is 9.29. The number of hydrogen-bond acceptors (Lipinski definition) is 2. The summed E-state index contributed by atoms with van der Waals surface area (Å²) in [6, 6.07) is 9.09. The van der Waals surface area contributed by atoms with Crippen molar-refractivity contribution >= 4 is 5.78 Å². The van der Waals surface area contributed by atoms with Gasteiger partial charge in [0.2, 0.25) is 0 Å². The Hall–Kier alpha value is -1.85. The van der Waals surface area contributed by atoms with Gasteiger partial charge in [-0.25, -0.2) is 0 Å². The van der Waals surface area contributed by atoms with Crippen LogP contribution in [0.15, 0.2) is 35.9 Å². The van der Waals surface area contributed by atoms with Crippen LogP contribution in [0.1, 0.15) is 75.8 Å². The Kier molecular flexibility index (Phi) is 4.75. The Balaban J connectivity index is 1.62. The molecule has 2 nitrogen and oxygen atoms in total. The zero-order valence-corrected chi connectivity index (χ0v) is 18.6. The topological polar surface area (TPSA) is 37.3 Å². The number of benzene rings is 1. The Labute approximate surface area is 181 Å². The zero-order chi connectivity index (χ0) is 21.1. The normalized spacial score (nSPS) is 42.3. The molecule has 1 aromatic rings. The molecular formula is C28H34O2. The van der Waals surface area contributed by atoms with Gasteiger partial charge in [-0.2, -0.15) is 0 Å². The number of carbonyl (C=O) groups is 1. The van der Waals surface area contributed by atoms with Gasteiger partial charge in [-0.15, -0.1) is 5.92 Å². The first kappa shape index (κ1) is 20.1. The molecule has 7 atom stereocenters. The minimum atomic E-state index is -0.876. The fourth-order valence-corrected chi connectivity index (χ4v) is 7.88. The molecular weight excluding hydrogens is 368 g/mol. The molecule has 0 amide bonds. The van der Waals surface area contributed by atoms with E-state index in [4.69, 9.17) is 0 Å². The van der Waals surface area contributed by atoms with Crippen molar-refractivity contribution in [2.75, 3.05) is 0 Å². The van der Waals surface area contributed by atoms with Gasteiger partial charge in [0.05, 0.1) is 0 Å². The van der Waals surface area contributed by atoms with E-state index < -0.39 is 5.60 Å². The summed E-state index contributed by atoms with van der Waals surface area (Å²) in [5.41, 5.74) is 3.07. The summed E-state index contributed by atoms with van der Waals surface area (Å²) < 4.78 is 0. The van der Waals surface area contributed by atoms with Crippen molar-refractivity contribution in [2.45, 2.75) is 77.2 Å². The Bertz CT molecular complexity index is 945. The zero-order valence-electron chi connectivity index (χ0n) is 18.6. The van der Waals surface area contributed by atoms with E-state index in [1.54, 1.807) is 0 Å². The summed E-state index contributed by atoms with van der Waals surface area (Å²) >= 11 is 0. The van der Waals surface area contributed by atoms with Gasteiger partial charge < -0.3 is 5.11 Å². The maximum absolute atomic E-state index is 12.1. The monoisotopic (exact) mass is 402 g/mol. The van der Waals surface area contributed by atoms with Crippen LogP contribution in [-0.4, -0.2) is 16.5 Å². The number of carbonyl (C=O) groups excluding carboxylic acids is 1. The van der Waals surface area contributed by atoms with E-state index in [0.29, 0.717) is 41.8 Å². The summed E-state index contributed by atoms with van der Waals surface area (Å²) in [6.07, 6.45) is 8.77. The quantitative estimate of drug-likeness (QED) is 0.622. The largest absolute Gasteiger partial charge is 0.377 e. The van der Waals surface area contributed by atoms with E-state index in [9.17, 15) is 9.90 Å². The van der Waals surface area contributed by atoms with E-state index in [2.05, 4.69) is 50.0 Å². The summed E-state index contributed by atoms with van der Waals surface area (Å²) in [7, 11) is 0. The van der Waals surface area contributed by atoms with Crippen molar-refractivity contribution in [3.63, 3.8) is 0 Å². The molecule has 3 fully saturated rings. The van der Waals surface area contributed by atoms with Gasteiger partial charge >= 0.3 is 0 Å². The molecule has 0 spiro atoms. The Morgan fingerprint density at radius 3 is 2.57 bits per heavy atom. The molecule has 3 saturated carbocycles. The highest BCUT2D eigenvalue weighted by molar-refractivity contribution is 5.91. The molecule has 1 aromatic carbocycles. The van der Waals surface area contributed by atoms with Crippen molar-refractivity contribution in [1.82, 2.24) is 0 Å². The van der Waals surface area contributed by atoms with Crippen LogP contribution in [0.4, 0.5) is 0 Å². The highest BCUT2D eigenvalue weighted by Gasteiger charge is 2.64. The smallest absolute Gasteiger partial charge is 0.155 e. The molecule has 4 aliphatic carbocycles. The van der Waals surface area contributed by atoms with Crippen molar-refractivity contribution in [3.05, 3.63) is 47.0 Å². The first-order valence-electron chi connectivity index (χ1n) is 11.8. The van der Waals surface area contributed by atoms with Crippen molar-refractivity contribution in [2.24, 2.45) is 29.1 Å². The van der Waals surface area contributed by atoms with Crippen LogP contribution in [0.2, 0.25) is 0 Å². The number of hydrogen-bond donors (Lipinski definition) is 1. The van der Waals surface area contributed by atoms with Gasteiger partial charge in [0.15, 0.2) is 5.78 Å². The molecule has 30 heavy (non-hydrogen) atoms. The first-order chi connectivity index (χ1) is 14.4. The third-order valence-corrected chi connectivity index (χ3v) is 9.29. The van der Waals surface area contributed by atoms with Crippen molar-refractivity contribution in [1.29, 1.82) is 0 Å². The number of allylic oxidation sites excluding steroid dienone is 1. The standard InChI is InChI=1S/C28H34O2/c1-4-14-28(30)15-13-25-23-11-9-20-16-21(29)10-12-22(20)26(23)24(17-27(25,28)3)19-7-5-18(2)6-8-19/h5-8,16,22-26,30H,9-13,15,17H2,1-3H3/t22-,23-,24+,25-,26+,27-,28-/m0/s1. The van der Waals surface area contributed by atoms with Crippen LogP contribution in [0, 0.1) is 47.9 Å². The molecule has 0 heterocycles. The van der Waals surface area contributed by atoms with E-state index >= 15 is 0 Å². The predicted molar refractivity (Wildman–Crippen MR) is 120 cm³/mol. The second-order valence-electron chi connectivity index (χ2n) is 10.6. The Morgan fingerprint density at radius 1 is 1.07 bits per heavy atom. The summed E-state index contributed by atoms with van der Waals surface area (Å²) in [4.78, 5) is 12.1. The van der Waals surface area contributed by atoms with Crippen LogP contribution in [-0.2, 0) is 4.79 Å². The predicted octanol–water partition coefficient (Wildman–Crippen LogP) is 5.58. The van der Waals surface area contributed by atoms with Crippen molar-refractivity contribution < 1.29 is 9.90 Å². The lowest BCUT2D eigenvalue weighted by molar-refractivity contribution is -0.117. The summed E-state index contributed by atoms with van der Waals surface area (Å²) in [5, 5.41) is 11.7.